The molecule has 3 aromatic carbocycles. The van der Waals surface area contributed by atoms with Crippen molar-refractivity contribution in [3.8, 4) is 5.69 Å². The number of ketones is 1. The number of carbonyl (C=O) groups is 3. The molecule has 8 nitrogen and oxygen atoms in total. The number of hydrogen-bond acceptors (Lipinski definition) is 8. The summed E-state index contributed by atoms with van der Waals surface area (Å²) in [5, 5.41) is 7.69. The molecule has 5 aromatic rings. The Labute approximate surface area is 245 Å². The molecule has 1 aliphatic rings. The van der Waals surface area contributed by atoms with E-state index in [-0.39, 0.29) is 11.7 Å². The number of hydrogen-bond donors (Lipinski definition) is 1. The van der Waals surface area contributed by atoms with Crippen LogP contribution in [0.2, 0.25) is 0 Å². The normalized spacial score (nSPS) is 14.5. The molecule has 0 aliphatic heterocycles. The maximum Gasteiger partial charge on any atom is 0.331 e. The molecule has 0 spiro atoms. The molecule has 42 heavy (non-hydrogen) atoms. The van der Waals surface area contributed by atoms with Crippen molar-refractivity contribution >= 4 is 62.3 Å². The summed E-state index contributed by atoms with van der Waals surface area (Å²) >= 11 is 1.42. The van der Waals surface area contributed by atoms with Gasteiger partial charge in [0, 0.05) is 47.4 Å². The minimum absolute atomic E-state index is 0.0217. The van der Waals surface area contributed by atoms with Gasteiger partial charge in [-0.2, -0.15) is 0 Å². The fourth-order valence-corrected chi connectivity index (χ4v) is 6.03. The molecule has 6 rings (SSSR count). The number of hydroxylamine groups is 1. The number of benzene rings is 3. The van der Waals surface area contributed by atoms with Crippen molar-refractivity contribution in [2.45, 2.75) is 33.6 Å². The van der Waals surface area contributed by atoms with E-state index in [2.05, 4.69) is 34.3 Å². The SMILES string of the molecule is CC(=O)ON=C(C)c1ccc(-n2c3ccc(C(=O)c4cccs4)cc3c3cc4c(cc32)C(C)C=C4NOC(C)=O)cc1. The average molecular weight is 578 g/mol. The zero-order chi connectivity index (χ0) is 29.5. The Morgan fingerprint density at radius 3 is 2.31 bits per heavy atom. The molecule has 0 saturated heterocycles. The molecule has 1 N–H and O–H groups in total. The first-order valence-corrected chi connectivity index (χ1v) is 14.3. The molecule has 0 saturated carbocycles. The second-order valence-corrected chi connectivity index (χ2v) is 11.1. The first-order chi connectivity index (χ1) is 20.2. The van der Waals surface area contributed by atoms with E-state index in [0.29, 0.717) is 16.2 Å². The molecule has 0 bridgehead atoms. The third-order valence-corrected chi connectivity index (χ3v) is 8.17. The van der Waals surface area contributed by atoms with Crippen molar-refractivity contribution in [2.24, 2.45) is 5.16 Å². The van der Waals surface area contributed by atoms with Crippen molar-refractivity contribution in [1.29, 1.82) is 0 Å². The van der Waals surface area contributed by atoms with Crippen LogP contribution in [0, 0.1) is 0 Å². The number of allylic oxidation sites excluding steroid dienone is 1. The Hall–Kier alpha value is -5.02. The van der Waals surface area contributed by atoms with Crippen LogP contribution in [-0.2, 0) is 19.3 Å². The summed E-state index contributed by atoms with van der Waals surface area (Å²) in [5.74, 6) is -0.836. The quantitative estimate of drug-likeness (QED) is 0.0979. The van der Waals surface area contributed by atoms with Gasteiger partial charge in [-0.3, -0.25) is 9.59 Å². The van der Waals surface area contributed by atoms with E-state index in [0.717, 1.165) is 49.9 Å². The van der Waals surface area contributed by atoms with Crippen LogP contribution in [0.4, 0.5) is 0 Å². The summed E-state index contributed by atoms with van der Waals surface area (Å²) in [5.41, 5.74) is 10.4. The number of aromatic nitrogens is 1. The van der Waals surface area contributed by atoms with Crippen LogP contribution in [0.25, 0.3) is 33.2 Å². The van der Waals surface area contributed by atoms with Crippen molar-refractivity contribution in [3.63, 3.8) is 0 Å². The Balaban J connectivity index is 1.53. The van der Waals surface area contributed by atoms with Crippen LogP contribution in [0.3, 0.4) is 0 Å². The van der Waals surface area contributed by atoms with Gasteiger partial charge >= 0.3 is 11.9 Å². The van der Waals surface area contributed by atoms with Crippen LogP contribution >= 0.6 is 11.3 Å². The van der Waals surface area contributed by atoms with Crippen LogP contribution in [0.5, 0.6) is 0 Å². The van der Waals surface area contributed by atoms with Gasteiger partial charge in [-0.25, -0.2) is 10.3 Å². The molecule has 2 heterocycles. The van der Waals surface area contributed by atoms with Gasteiger partial charge in [0.1, 0.15) is 0 Å². The number of carbonyl (C=O) groups excluding carboxylic acids is 3. The van der Waals surface area contributed by atoms with Crippen LogP contribution in [0.1, 0.15) is 65.5 Å². The molecule has 0 radical (unpaired) electrons. The number of nitrogens with zero attached hydrogens (tertiary/aromatic N) is 2. The van der Waals surface area contributed by atoms with E-state index in [4.69, 9.17) is 9.68 Å². The number of oxime groups is 1. The lowest BCUT2D eigenvalue weighted by molar-refractivity contribution is -0.145. The molecule has 1 aliphatic carbocycles. The summed E-state index contributed by atoms with van der Waals surface area (Å²) in [7, 11) is 0. The van der Waals surface area contributed by atoms with E-state index >= 15 is 0 Å². The van der Waals surface area contributed by atoms with E-state index in [9.17, 15) is 14.4 Å². The van der Waals surface area contributed by atoms with E-state index in [1.807, 2.05) is 66.1 Å². The Kier molecular flexibility index (Phi) is 6.96. The monoisotopic (exact) mass is 577 g/mol. The zero-order valence-electron chi connectivity index (χ0n) is 23.4. The van der Waals surface area contributed by atoms with Crippen LogP contribution < -0.4 is 5.48 Å². The number of fused-ring (bicyclic) bond motifs is 4. The molecule has 1 unspecified atom stereocenters. The minimum Gasteiger partial charge on any atom is -0.344 e. The first kappa shape index (κ1) is 27.2. The Bertz CT molecular complexity index is 1950. The molecule has 210 valence electrons. The van der Waals surface area contributed by atoms with E-state index in [1.54, 1.807) is 6.92 Å². The minimum atomic E-state index is -0.476. The molecular weight excluding hydrogens is 550 g/mol. The topological polar surface area (TPSA) is 99.0 Å². The highest BCUT2D eigenvalue weighted by molar-refractivity contribution is 7.12. The second kappa shape index (κ2) is 10.8. The smallest absolute Gasteiger partial charge is 0.331 e. The lowest BCUT2D eigenvalue weighted by Gasteiger charge is -2.12. The predicted octanol–water partition coefficient (Wildman–Crippen LogP) is 6.89. The first-order valence-electron chi connectivity index (χ1n) is 13.4. The van der Waals surface area contributed by atoms with Gasteiger partial charge in [-0.1, -0.05) is 36.4 Å². The van der Waals surface area contributed by atoms with Gasteiger partial charge in [0.05, 0.1) is 27.3 Å². The number of thiophene rings is 1. The number of rotatable bonds is 7. The summed E-state index contributed by atoms with van der Waals surface area (Å²) in [4.78, 5) is 46.6. The van der Waals surface area contributed by atoms with E-state index < -0.39 is 11.9 Å². The fourth-order valence-electron chi connectivity index (χ4n) is 5.34. The fraction of sp³-hybridized carbons (Fsp3) is 0.152. The van der Waals surface area contributed by atoms with Crippen molar-refractivity contribution in [3.05, 3.63) is 105 Å². The van der Waals surface area contributed by atoms with Crippen molar-refractivity contribution in [2.75, 3.05) is 0 Å². The average Bonchev–Trinajstić information content (AvgIpc) is 3.70. The molecule has 1 atom stereocenters. The largest absolute Gasteiger partial charge is 0.344 e. The van der Waals surface area contributed by atoms with E-state index in [1.165, 1.54) is 25.2 Å². The summed E-state index contributed by atoms with van der Waals surface area (Å²) < 4.78 is 2.18. The van der Waals surface area contributed by atoms with Crippen molar-refractivity contribution < 1.29 is 24.1 Å². The van der Waals surface area contributed by atoms with Gasteiger partial charge in [0.15, 0.2) is 0 Å². The summed E-state index contributed by atoms with van der Waals surface area (Å²) in [6.45, 7) is 6.54. The van der Waals surface area contributed by atoms with Gasteiger partial charge in [0.25, 0.3) is 0 Å². The highest BCUT2D eigenvalue weighted by Gasteiger charge is 2.25. The van der Waals surface area contributed by atoms with Crippen molar-refractivity contribution in [1.82, 2.24) is 10.0 Å². The van der Waals surface area contributed by atoms with Gasteiger partial charge < -0.3 is 14.2 Å². The van der Waals surface area contributed by atoms with Crippen LogP contribution in [0.15, 0.2) is 83.3 Å². The second-order valence-electron chi connectivity index (χ2n) is 10.2. The lowest BCUT2D eigenvalue weighted by atomic mass is 9.99. The molecule has 0 fully saturated rings. The Morgan fingerprint density at radius 2 is 1.62 bits per heavy atom. The predicted molar refractivity (Wildman–Crippen MR) is 164 cm³/mol. The summed E-state index contributed by atoms with van der Waals surface area (Å²) in [6, 6.07) is 21.6. The highest BCUT2D eigenvalue weighted by atomic mass is 32.1. The van der Waals surface area contributed by atoms with Gasteiger partial charge in [-0.05, 0) is 72.0 Å². The molecule has 0 amide bonds. The third-order valence-electron chi connectivity index (χ3n) is 7.30. The zero-order valence-corrected chi connectivity index (χ0v) is 24.2. The number of nitrogens with one attached hydrogen (secondary N) is 1. The van der Waals surface area contributed by atoms with Gasteiger partial charge in [0.2, 0.25) is 5.78 Å². The maximum absolute atomic E-state index is 13.3. The molecule has 9 heteroatoms. The lowest BCUT2D eigenvalue weighted by Crippen LogP contribution is -2.15. The highest BCUT2D eigenvalue weighted by Crippen LogP contribution is 2.41. The maximum atomic E-state index is 13.3. The summed E-state index contributed by atoms with van der Waals surface area (Å²) in [6.07, 6.45) is 2.03. The van der Waals surface area contributed by atoms with Gasteiger partial charge in [-0.15, -0.1) is 11.3 Å². The standard InChI is InChI=1S/C33H27N3O5S/c1-18-14-29(35-41-21(4)38)26-16-28-27-15-23(33(39)32-6-5-13-42-32)9-12-30(27)36(31(28)17-25(18)26)24-10-7-22(8-11-24)19(2)34-40-20(3)37/h5-18,35H,1-4H3. The molecule has 2 aromatic heterocycles. The molecular formula is C33H27N3O5S. The third kappa shape index (κ3) is 4.88. The van der Waals surface area contributed by atoms with Crippen LogP contribution in [-0.4, -0.2) is 28.0 Å². The Morgan fingerprint density at radius 1 is 0.881 bits per heavy atom.